The Morgan fingerprint density at radius 3 is 1.32 bits per heavy atom. The molecule has 0 radical (unpaired) electrons. The van der Waals surface area contributed by atoms with Crippen LogP contribution in [0.3, 0.4) is 0 Å². The van der Waals surface area contributed by atoms with Crippen LogP contribution in [0.4, 0.5) is 0 Å². The average Bonchev–Trinajstić information content (AvgIpc) is 2.78. The van der Waals surface area contributed by atoms with Crippen molar-refractivity contribution in [3.8, 4) is 0 Å². The summed E-state index contributed by atoms with van der Waals surface area (Å²) in [5, 5.41) is 21.8. The van der Waals surface area contributed by atoms with Gasteiger partial charge >= 0.3 is 0 Å². The molecule has 0 spiro atoms. The molecule has 0 fully saturated rings. The molecule has 2 N–H and O–H groups in total. The number of rotatable bonds is 14. The van der Waals surface area contributed by atoms with Gasteiger partial charge in [0.2, 0.25) is 0 Å². The van der Waals surface area contributed by atoms with E-state index >= 15 is 0 Å². The van der Waals surface area contributed by atoms with Crippen LogP contribution in [-0.4, -0.2) is 53.3 Å². The van der Waals surface area contributed by atoms with Crippen LogP contribution in [-0.2, 0) is 13.6 Å². The smallest absolute Gasteiger partial charge is 0.181 e. The molecule has 37 heavy (non-hydrogen) atoms. The van der Waals surface area contributed by atoms with Crippen molar-refractivity contribution in [3.05, 3.63) is 69.7 Å². The molecule has 0 saturated heterocycles. The molecule has 2 atom stereocenters. The quantitative estimate of drug-likeness (QED) is 0.221. The summed E-state index contributed by atoms with van der Waals surface area (Å²) >= 11 is 12.4. The van der Waals surface area contributed by atoms with Gasteiger partial charge in [-0.05, 0) is 38.3 Å². The molecule has 0 aromatic heterocycles. The molecule has 0 bridgehead atoms. The standard InChI is InChI=1S/C28H44Cl2O5Si2/c1-27(2,19-33-17-25(31)21-13-9-11-15-23(21)29)36(5,6)35-37(7,8)28(3,4)20-34-18-26(32)22-14-10-12-16-24(22)30/h9-16,25-26,31-32H,17-20H2,1-8H3. The molecule has 2 rings (SSSR count). The van der Waals surface area contributed by atoms with E-state index in [0.717, 1.165) is 0 Å². The highest BCUT2D eigenvalue weighted by Crippen LogP contribution is 2.46. The zero-order chi connectivity index (χ0) is 28.1. The Labute approximate surface area is 235 Å². The molecule has 2 aromatic carbocycles. The van der Waals surface area contributed by atoms with Gasteiger partial charge in [-0.2, -0.15) is 0 Å². The van der Waals surface area contributed by atoms with Crippen molar-refractivity contribution < 1.29 is 23.8 Å². The summed E-state index contributed by atoms with van der Waals surface area (Å²) in [6, 6.07) is 14.6. The van der Waals surface area contributed by atoms with Gasteiger partial charge in [-0.3, -0.25) is 0 Å². The van der Waals surface area contributed by atoms with Gasteiger partial charge in [0.25, 0.3) is 0 Å². The largest absolute Gasteiger partial charge is 0.455 e. The van der Waals surface area contributed by atoms with Crippen molar-refractivity contribution in [2.75, 3.05) is 26.4 Å². The highest BCUT2D eigenvalue weighted by atomic mass is 35.5. The summed E-state index contributed by atoms with van der Waals surface area (Å²) in [5.74, 6) is 0. The van der Waals surface area contributed by atoms with E-state index in [1.54, 1.807) is 12.1 Å². The Hall–Kier alpha value is -0.746. The van der Waals surface area contributed by atoms with Gasteiger partial charge in [0.15, 0.2) is 16.6 Å². The van der Waals surface area contributed by atoms with Gasteiger partial charge in [0.1, 0.15) is 12.2 Å². The fourth-order valence-corrected chi connectivity index (χ4v) is 12.5. The molecule has 2 aromatic rings. The van der Waals surface area contributed by atoms with Gasteiger partial charge in [0.05, 0.1) is 26.4 Å². The zero-order valence-corrected chi connectivity index (χ0v) is 27.0. The van der Waals surface area contributed by atoms with E-state index in [1.165, 1.54) is 0 Å². The summed E-state index contributed by atoms with van der Waals surface area (Å²) in [7, 11) is -4.51. The number of halogens is 2. The Balaban J connectivity index is 1.94. The van der Waals surface area contributed by atoms with E-state index in [9.17, 15) is 10.2 Å². The first-order chi connectivity index (χ1) is 17.0. The van der Waals surface area contributed by atoms with E-state index in [-0.39, 0.29) is 23.3 Å². The number of ether oxygens (including phenoxy) is 2. The molecule has 0 amide bonds. The minimum absolute atomic E-state index is 0.172. The summed E-state index contributed by atoms with van der Waals surface area (Å²) in [5.41, 5.74) is 1.34. The maximum Gasteiger partial charge on any atom is 0.181 e. The van der Waals surface area contributed by atoms with Crippen LogP contribution in [0.25, 0.3) is 0 Å². The van der Waals surface area contributed by atoms with Crippen LogP contribution in [0.5, 0.6) is 0 Å². The molecule has 208 valence electrons. The third-order valence-electron chi connectivity index (χ3n) is 7.78. The predicted octanol–water partition coefficient (Wildman–Crippen LogP) is 7.78. The van der Waals surface area contributed by atoms with Gasteiger partial charge in [0, 0.05) is 31.2 Å². The second kappa shape index (κ2) is 13.1. The van der Waals surface area contributed by atoms with Crippen LogP contribution in [0, 0.1) is 0 Å². The van der Waals surface area contributed by atoms with Crippen molar-refractivity contribution in [3.63, 3.8) is 0 Å². The summed E-state index contributed by atoms with van der Waals surface area (Å²) < 4.78 is 19.0. The van der Waals surface area contributed by atoms with Gasteiger partial charge in [-0.15, -0.1) is 0 Å². The van der Waals surface area contributed by atoms with Crippen LogP contribution >= 0.6 is 23.2 Å². The SMILES string of the molecule is CC(C)(COCC(O)c1ccccc1Cl)[Si](C)(C)O[Si](C)(C)C(C)(C)COCC(O)c1ccccc1Cl. The molecule has 5 nitrogen and oxygen atoms in total. The highest BCUT2D eigenvalue weighted by Gasteiger charge is 2.50. The lowest BCUT2D eigenvalue weighted by atomic mass is 10.1. The third-order valence-corrected chi connectivity index (χ3v) is 19.4. The van der Waals surface area contributed by atoms with Gasteiger partial charge in [-0.25, -0.2) is 0 Å². The first kappa shape index (κ1) is 32.5. The lowest BCUT2D eigenvalue weighted by molar-refractivity contribution is 0.0229. The van der Waals surface area contributed by atoms with Crippen LogP contribution in [0.1, 0.15) is 51.0 Å². The van der Waals surface area contributed by atoms with Gasteiger partial charge < -0.3 is 23.8 Å². The first-order valence-corrected chi connectivity index (χ1v) is 19.3. The second-order valence-corrected chi connectivity index (χ2v) is 22.4. The molecule has 2 unspecified atom stereocenters. The number of aliphatic hydroxyl groups excluding tert-OH is 2. The predicted molar refractivity (Wildman–Crippen MR) is 159 cm³/mol. The maximum atomic E-state index is 10.5. The van der Waals surface area contributed by atoms with E-state index in [2.05, 4.69) is 53.9 Å². The number of benzene rings is 2. The van der Waals surface area contributed by atoms with Crippen LogP contribution < -0.4 is 0 Å². The number of hydrogen-bond donors (Lipinski definition) is 2. The monoisotopic (exact) mass is 586 g/mol. The van der Waals surface area contributed by atoms with Crippen molar-refractivity contribution in [1.82, 2.24) is 0 Å². The molecule has 0 aliphatic carbocycles. The number of hydrogen-bond acceptors (Lipinski definition) is 5. The summed E-state index contributed by atoms with van der Waals surface area (Å²) in [6.07, 6.45) is -1.56. The molecule has 0 aliphatic heterocycles. The molecular weight excluding hydrogens is 543 g/mol. The Kier molecular flexibility index (Phi) is 11.5. The molecule has 0 aliphatic rings. The Morgan fingerprint density at radius 1 is 0.676 bits per heavy atom. The van der Waals surface area contributed by atoms with Crippen molar-refractivity contribution >= 4 is 39.8 Å². The topological polar surface area (TPSA) is 68.2 Å². The first-order valence-electron chi connectivity index (χ1n) is 12.7. The minimum Gasteiger partial charge on any atom is -0.455 e. The second-order valence-electron chi connectivity index (χ2n) is 12.0. The molecule has 0 saturated carbocycles. The van der Waals surface area contributed by atoms with Crippen molar-refractivity contribution in [2.24, 2.45) is 0 Å². The minimum atomic E-state index is -2.25. The molecule has 9 heteroatoms. The van der Waals surface area contributed by atoms with Gasteiger partial charge in [-0.1, -0.05) is 87.3 Å². The third kappa shape index (κ3) is 8.62. The van der Waals surface area contributed by atoms with Crippen LogP contribution in [0.2, 0.25) is 46.3 Å². The Bertz CT molecular complexity index is 934. The van der Waals surface area contributed by atoms with Crippen LogP contribution in [0.15, 0.2) is 48.5 Å². The summed E-state index contributed by atoms with van der Waals surface area (Å²) in [6.45, 7) is 18.9. The fraction of sp³-hybridized carbons (Fsp3) is 0.571. The van der Waals surface area contributed by atoms with E-state index in [1.807, 2.05) is 36.4 Å². The summed E-state index contributed by atoms with van der Waals surface area (Å²) in [4.78, 5) is 0. The van der Waals surface area contributed by atoms with E-state index < -0.39 is 28.8 Å². The fourth-order valence-electron chi connectivity index (χ4n) is 3.78. The van der Waals surface area contributed by atoms with Crippen molar-refractivity contribution in [2.45, 2.75) is 76.2 Å². The molecule has 0 heterocycles. The zero-order valence-electron chi connectivity index (χ0n) is 23.5. The lowest BCUT2D eigenvalue weighted by Gasteiger charge is -2.49. The number of aliphatic hydroxyl groups is 2. The molecular formula is C28H44Cl2O5Si2. The highest BCUT2D eigenvalue weighted by molar-refractivity contribution is 6.87. The maximum absolute atomic E-state index is 10.5. The average molecular weight is 588 g/mol. The van der Waals surface area contributed by atoms with E-state index in [4.69, 9.17) is 36.8 Å². The normalized spacial score (nSPS) is 15.0. The Morgan fingerprint density at radius 2 is 1.00 bits per heavy atom. The lowest BCUT2D eigenvalue weighted by Crippen LogP contribution is -2.56. The van der Waals surface area contributed by atoms with Crippen molar-refractivity contribution in [1.29, 1.82) is 0 Å². The van der Waals surface area contributed by atoms with E-state index in [0.29, 0.717) is 34.4 Å².